The molecule has 0 aromatic carbocycles. The van der Waals surface area contributed by atoms with Crippen molar-refractivity contribution in [1.29, 1.82) is 0 Å². The Hall–Kier alpha value is -0.120. The number of hydrazine groups is 1. The lowest BCUT2D eigenvalue weighted by Gasteiger charge is -2.14. The average Bonchev–Trinajstić information content (AvgIpc) is 2.51. The number of nitrogens with one attached hydrogen (secondary N) is 2. The molecule has 0 aromatic rings. The Labute approximate surface area is 56.0 Å². The van der Waals surface area contributed by atoms with Crippen molar-refractivity contribution in [3.63, 3.8) is 0 Å². The molecule has 1 rings (SSSR count). The molecule has 9 heavy (non-hydrogen) atoms. The van der Waals surface area contributed by atoms with Crippen molar-refractivity contribution in [1.82, 2.24) is 10.9 Å². The van der Waals surface area contributed by atoms with Gasteiger partial charge in [0.25, 0.3) is 0 Å². The summed E-state index contributed by atoms with van der Waals surface area (Å²) in [7, 11) is 1.90. The zero-order chi connectivity index (χ0) is 6.74. The molecule has 0 amide bonds. The molecule has 0 saturated heterocycles. The van der Waals surface area contributed by atoms with E-state index in [-0.39, 0.29) is 0 Å². The molecule has 0 heterocycles. The standard InChI is InChI=1S/C6H15N3/c1-8-9-6(2-3-6)4-5-7/h8-9H,2-5,7H2,1H3. The van der Waals surface area contributed by atoms with E-state index in [9.17, 15) is 0 Å². The van der Waals surface area contributed by atoms with Crippen LogP contribution in [0.3, 0.4) is 0 Å². The lowest BCUT2D eigenvalue weighted by molar-refractivity contribution is 0.422. The predicted octanol–water partition coefficient (Wildman–Crippen LogP) is -0.408. The Kier molecular flexibility index (Phi) is 2.05. The molecular formula is C6H15N3. The van der Waals surface area contributed by atoms with E-state index in [1.807, 2.05) is 7.05 Å². The minimum Gasteiger partial charge on any atom is -0.330 e. The molecule has 4 N–H and O–H groups in total. The number of nitrogens with two attached hydrogens (primary N) is 1. The lowest BCUT2D eigenvalue weighted by Crippen LogP contribution is -2.41. The fourth-order valence-corrected chi connectivity index (χ4v) is 1.13. The molecule has 1 saturated carbocycles. The second-order valence-corrected chi connectivity index (χ2v) is 2.69. The van der Waals surface area contributed by atoms with Gasteiger partial charge in [0, 0.05) is 5.54 Å². The zero-order valence-electron chi connectivity index (χ0n) is 5.91. The first-order valence-corrected chi connectivity index (χ1v) is 3.47. The summed E-state index contributed by atoms with van der Waals surface area (Å²) in [6.07, 6.45) is 3.63. The topological polar surface area (TPSA) is 50.1 Å². The van der Waals surface area contributed by atoms with Gasteiger partial charge in [-0.15, -0.1) is 0 Å². The van der Waals surface area contributed by atoms with Crippen molar-refractivity contribution >= 4 is 0 Å². The van der Waals surface area contributed by atoms with Crippen LogP contribution in [0, 0.1) is 0 Å². The summed E-state index contributed by atoms with van der Waals surface area (Å²) in [5, 5.41) is 0. The van der Waals surface area contributed by atoms with E-state index < -0.39 is 0 Å². The molecule has 0 bridgehead atoms. The van der Waals surface area contributed by atoms with Gasteiger partial charge in [0.1, 0.15) is 0 Å². The van der Waals surface area contributed by atoms with E-state index in [0.29, 0.717) is 5.54 Å². The van der Waals surface area contributed by atoms with Gasteiger partial charge in [-0.1, -0.05) is 0 Å². The Morgan fingerprint density at radius 2 is 2.22 bits per heavy atom. The smallest absolute Gasteiger partial charge is 0.0337 e. The molecule has 3 heteroatoms. The van der Waals surface area contributed by atoms with Crippen LogP contribution in [0.5, 0.6) is 0 Å². The molecule has 0 aromatic heterocycles. The van der Waals surface area contributed by atoms with Crippen molar-refractivity contribution in [3.05, 3.63) is 0 Å². The molecule has 0 radical (unpaired) electrons. The van der Waals surface area contributed by atoms with Gasteiger partial charge >= 0.3 is 0 Å². The van der Waals surface area contributed by atoms with Crippen molar-refractivity contribution in [2.24, 2.45) is 5.73 Å². The Bertz CT molecular complexity index is 80.3. The highest BCUT2D eigenvalue weighted by molar-refractivity contribution is 5.00. The first-order valence-electron chi connectivity index (χ1n) is 3.47. The van der Waals surface area contributed by atoms with Gasteiger partial charge < -0.3 is 5.73 Å². The Balaban J connectivity index is 2.17. The molecule has 1 aliphatic carbocycles. The molecule has 0 spiro atoms. The SMILES string of the molecule is CNNC1(CCN)CC1. The van der Waals surface area contributed by atoms with E-state index >= 15 is 0 Å². The maximum Gasteiger partial charge on any atom is 0.0337 e. The van der Waals surface area contributed by atoms with Crippen LogP contribution in [0.4, 0.5) is 0 Å². The largest absolute Gasteiger partial charge is 0.330 e. The van der Waals surface area contributed by atoms with Gasteiger partial charge in [-0.2, -0.15) is 0 Å². The first kappa shape index (κ1) is 6.99. The summed E-state index contributed by atoms with van der Waals surface area (Å²) in [5.41, 5.74) is 11.9. The average molecular weight is 129 g/mol. The van der Waals surface area contributed by atoms with Crippen LogP contribution < -0.4 is 16.6 Å². The monoisotopic (exact) mass is 129 g/mol. The molecule has 3 nitrogen and oxygen atoms in total. The highest BCUT2D eigenvalue weighted by Crippen LogP contribution is 2.37. The van der Waals surface area contributed by atoms with Crippen LogP contribution in [-0.2, 0) is 0 Å². The van der Waals surface area contributed by atoms with Crippen molar-refractivity contribution in [2.45, 2.75) is 24.8 Å². The van der Waals surface area contributed by atoms with Gasteiger partial charge in [-0.25, -0.2) is 0 Å². The van der Waals surface area contributed by atoms with Gasteiger partial charge in [-0.3, -0.25) is 10.9 Å². The van der Waals surface area contributed by atoms with Crippen molar-refractivity contribution in [3.8, 4) is 0 Å². The summed E-state index contributed by atoms with van der Waals surface area (Å²) >= 11 is 0. The molecule has 0 aliphatic heterocycles. The highest BCUT2D eigenvalue weighted by Gasteiger charge is 2.40. The summed E-state index contributed by atoms with van der Waals surface area (Å²) in [4.78, 5) is 0. The third-order valence-electron chi connectivity index (χ3n) is 1.87. The fraction of sp³-hybridized carbons (Fsp3) is 1.00. The summed E-state index contributed by atoms with van der Waals surface area (Å²) < 4.78 is 0. The number of rotatable bonds is 4. The Morgan fingerprint density at radius 3 is 2.56 bits per heavy atom. The summed E-state index contributed by atoms with van der Waals surface area (Å²) in [5.74, 6) is 0. The van der Waals surface area contributed by atoms with Crippen LogP contribution in [0.1, 0.15) is 19.3 Å². The van der Waals surface area contributed by atoms with E-state index in [2.05, 4.69) is 10.9 Å². The van der Waals surface area contributed by atoms with Crippen LogP contribution >= 0.6 is 0 Å². The Morgan fingerprint density at radius 1 is 1.56 bits per heavy atom. The molecule has 54 valence electrons. The quantitative estimate of drug-likeness (QED) is 0.452. The van der Waals surface area contributed by atoms with E-state index in [1.54, 1.807) is 0 Å². The first-order chi connectivity index (χ1) is 4.33. The summed E-state index contributed by atoms with van der Waals surface area (Å²) in [6, 6.07) is 0. The van der Waals surface area contributed by atoms with Gasteiger partial charge in [-0.05, 0) is 32.9 Å². The minimum absolute atomic E-state index is 0.365. The molecule has 0 atom stereocenters. The van der Waals surface area contributed by atoms with Crippen molar-refractivity contribution < 1.29 is 0 Å². The maximum absolute atomic E-state index is 5.42. The second-order valence-electron chi connectivity index (χ2n) is 2.69. The summed E-state index contributed by atoms with van der Waals surface area (Å²) in [6.45, 7) is 0.786. The fourth-order valence-electron chi connectivity index (χ4n) is 1.13. The molecule has 0 unspecified atom stereocenters. The van der Waals surface area contributed by atoms with Crippen molar-refractivity contribution in [2.75, 3.05) is 13.6 Å². The zero-order valence-corrected chi connectivity index (χ0v) is 5.91. The third kappa shape index (κ3) is 1.64. The second kappa shape index (κ2) is 2.64. The molecule has 1 fully saturated rings. The van der Waals surface area contributed by atoms with Gasteiger partial charge in [0.2, 0.25) is 0 Å². The highest BCUT2D eigenvalue weighted by atomic mass is 15.4. The van der Waals surface area contributed by atoms with E-state index in [0.717, 1.165) is 13.0 Å². The van der Waals surface area contributed by atoms with Gasteiger partial charge in [0.15, 0.2) is 0 Å². The van der Waals surface area contributed by atoms with Crippen LogP contribution in [0.25, 0.3) is 0 Å². The van der Waals surface area contributed by atoms with Crippen LogP contribution in [0.15, 0.2) is 0 Å². The molecular weight excluding hydrogens is 114 g/mol. The number of hydrogen-bond donors (Lipinski definition) is 3. The van der Waals surface area contributed by atoms with Gasteiger partial charge in [0.05, 0.1) is 0 Å². The predicted molar refractivity (Wildman–Crippen MR) is 37.8 cm³/mol. The van der Waals surface area contributed by atoms with E-state index in [4.69, 9.17) is 5.73 Å². The number of hydrogen-bond acceptors (Lipinski definition) is 3. The maximum atomic E-state index is 5.42. The molecule has 1 aliphatic rings. The van der Waals surface area contributed by atoms with Crippen LogP contribution in [-0.4, -0.2) is 19.1 Å². The third-order valence-corrected chi connectivity index (χ3v) is 1.87. The van der Waals surface area contributed by atoms with E-state index in [1.165, 1.54) is 12.8 Å². The normalized spacial score (nSPS) is 22.0. The van der Waals surface area contributed by atoms with Crippen LogP contribution in [0.2, 0.25) is 0 Å². The lowest BCUT2D eigenvalue weighted by atomic mass is 10.2. The minimum atomic E-state index is 0.365.